The van der Waals surface area contributed by atoms with Crippen LogP contribution in [0.25, 0.3) is 22.2 Å². The molecule has 0 unspecified atom stereocenters. The molecule has 42 heavy (non-hydrogen) atoms. The van der Waals surface area contributed by atoms with Gasteiger partial charge >= 0.3 is 0 Å². The lowest BCUT2D eigenvalue weighted by molar-refractivity contribution is 0.00590. The van der Waals surface area contributed by atoms with Gasteiger partial charge in [0.25, 0.3) is 11.8 Å². The molecule has 3 N–H and O–H groups in total. The standard InChI is InChI=1S/C31H29ClN6O4/c1-17-2-9-28(40)29-23-10-18(3-7-25(23)35-38(17)29)13-33-30(41)22-6-5-20(12-24(22)32)37-16-34-26-11-19(4-8-27(26)37)31(42)36-14-21(39)15-36/h2,4-6,8-9,11-12,16,18,21,39-40H,3,7,10,13-15H2,1H3,(H,33,41)/t18-/m0/s1. The van der Waals surface area contributed by atoms with Gasteiger partial charge in [-0.3, -0.25) is 14.2 Å². The number of likely N-dealkylation sites (tertiary alicyclic amines) is 1. The number of aromatic hydroxyl groups is 1. The lowest BCUT2D eigenvalue weighted by Gasteiger charge is -2.35. The third-order valence-electron chi connectivity index (χ3n) is 8.38. The summed E-state index contributed by atoms with van der Waals surface area (Å²) in [6, 6.07) is 14.1. The molecule has 0 spiro atoms. The van der Waals surface area contributed by atoms with Gasteiger partial charge in [-0.25, -0.2) is 9.50 Å². The molecule has 0 bridgehead atoms. The molecule has 2 aromatic carbocycles. The maximum absolute atomic E-state index is 13.1. The summed E-state index contributed by atoms with van der Waals surface area (Å²) in [7, 11) is 0. The van der Waals surface area contributed by atoms with E-state index in [1.807, 2.05) is 34.2 Å². The SMILES string of the molecule is Cc1ccc(O)c2c3c(nn12)CC[C@H](CNC(=O)c1ccc(-n2cnc4cc(C(=O)N5CC(O)C5)ccc42)cc1Cl)C3. The van der Waals surface area contributed by atoms with Crippen molar-refractivity contribution in [2.24, 2.45) is 5.92 Å². The van der Waals surface area contributed by atoms with E-state index in [-0.39, 0.29) is 23.5 Å². The highest BCUT2D eigenvalue weighted by Gasteiger charge is 2.30. The molecule has 0 radical (unpaired) electrons. The highest BCUT2D eigenvalue weighted by Crippen LogP contribution is 2.33. The van der Waals surface area contributed by atoms with Crippen molar-refractivity contribution in [2.45, 2.75) is 32.3 Å². The molecule has 0 saturated carbocycles. The smallest absolute Gasteiger partial charge is 0.254 e. The number of amides is 2. The summed E-state index contributed by atoms with van der Waals surface area (Å²) in [6.07, 6.45) is 3.62. The van der Waals surface area contributed by atoms with E-state index in [9.17, 15) is 19.8 Å². The minimum Gasteiger partial charge on any atom is -0.506 e. The zero-order valence-corrected chi connectivity index (χ0v) is 23.7. The van der Waals surface area contributed by atoms with Crippen molar-refractivity contribution in [1.29, 1.82) is 0 Å². The number of nitrogens with zero attached hydrogens (tertiary/aromatic N) is 5. The Hall–Kier alpha value is -4.41. The van der Waals surface area contributed by atoms with Crippen LogP contribution in [0.5, 0.6) is 5.75 Å². The molecule has 1 saturated heterocycles. The number of pyridine rings is 1. The van der Waals surface area contributed by atoms with Gasteiger partial charge in [-0.1, -0.05) is 11.6 Å². The van der Waals surface area contributed by atoms with Gasteiger partial charge in [0.2, 0.25) is 0 Å². The van der Waals surface area contributed by atoms with E-state index in [1.54, 1.807) is 41.6 Å². The van der Waals surface area contributed by atoms with Crippen LogP contribution in [0.3, 0.4) is 0 Å². The Morgan fingerprint density at radius 3 is 2.74 bits per heavy atom. The van der Waals surface area contributed by atoms with Crippen LogP contribution in [0.1, 0.15) is 44.1 Å². The Labute approximate surface area is 246 Å². The van der Waals surface area contributed by atoms with Crippen molar-refractivity contribution in [3.8, 4) is 11.4 Å². The highest BCUT2D eigenvalue weighted by molar-refractivity contribution is 6.34. The molecule has 10 nitrogen and oxygen atoms in total. The number of β-amino-alcohol motifs (C(OH)–C–C–N with tert-alkyl or cyclic N) is 1. The molecule has 214 valence electrons. The maximum Gasteiger partial charge on any atom is 0.254 e. The maximum atomic E-state index is 13.1. The van der Waals surface area contributed by atoms with Gasteiger partial charge in [-0.2, -0.15) is 5.10 Å². The molecule has 7 rings (SSSR count). The Morgan fingerprint density at radius 1 is 1.12 bits per heavy atom. The first-order valence-corrected chi connectivity index (χ1v) is 14.4. The second kappa shape index (κ2) is 10.1. The first kappa shape index (κ1) is 26.5. The van der Waals surface area contributed by atoms with E-state index in [1.165, 1.54) is 0 Å². The largest absolute Gasteiger partial charge is 0.506 e. The summed E-state index contributed by atoms with van der Waals surface area (Å²) < 4.78 is 3.67. The summed E-state index contributed by atoms with van der Waals surface area (Å²) in [5, 5.41) is 28.0. The molecular formula is C31H29ClN6O4. The number of aryl methyl sites for hydroxylation is 2. The Bertz CT molecular complexity index is 1890. The van der Waals surface area contributed by atoms with Crippen molar-refractivity contribution in [2.75, 3.05) is 19.6 Å². The number of nitrogens with one attached hydrogen (secondary N) is 1. The normalized spacial score (nSPS) is 16.9. The molecule has 1 aliphatic heterocycles. The number of aliphatic hydroxyl groups excluding tert-OH is 1. The molecule has 2 aliphatic rings. The van der Waals surface area contributed by atoms with Crippen LogP contribution in [-0.4, -0.2) is 71.8 Å². The molecule has 5 aromatic rings. The van der Waals surface area contributed by atoms with Gasteiger partial charge in [0.1, 0.15) is 17.6 Å². The molecule has 1 aliphatic carbocycles. The van der Waals surface area contributed by atoms with Gasteiger partial charge in [0.15, 0.2) is 0 Å². The minimum absolute atomic E-state index is 0.129. The summed E-state index contributed by atoms with van der Waals surface area (Å²) in [4.78, 5) is 31.8. The summed E-state index contributed by atoms with van der Waals surface area (Å²) in [5.74, 6) is 0.0620. The summed E-state index contributed by atoms with van der Waals surface area (Å²) in [5.41, 5.74) is 6.88. The van der Waals surface area contributed by atoms with Crippen LogP contribution in [0, 0.1) is 12.8 Å². The minimum atomic E-state index is -0.454. The third-order valence-corrected chi connectivity index (χ3v) is 8.69. The summed E-state index contributed by atoms with van der Waals surface area (Å²) in [6.45, 7) is 3.15. The zero-order valence-electron chi connectivity index (χ0n) is 22.9. The fraction of sp³-hybridized carbons (Fsp3) is 0.290. The number of imidazole rings is 1. The fourth-order valence-corrected chi connectivity index (χ4v) is 6.27. The van der Waals surface area contributed by atoms with Crippen LogP contribution >= 0.6 is 11.6 Å². The van der Waals surface area contributed by atoms with E-state index in [0.29, 0.717) is 41.3 Å². The van der Waals surface area contributed by atoms with E-state index < -0.39 is 6.10 Å². The molecule has 11 heteroatoms. The number of rotatable bonds is 5. The van der Waals surface area contributed by atoms with E-state index in [4.69, 9.17) is 16.7 Å². The van der Waals surface area contributed by atoms with Crippen LogP contribution in [0.15, 0.2) is 54.9 Å². The van der Waals surface area contributed by atoms with Gasteiger partial charge in [0, 0.05) is 42.1 Å². The second-order valence-electron chi connectivity index (χ2n) is 11.2. The average Bonchev–Trinajstić information content (AvgIpc) is 3.57. The lowest BCUT2D eigenvalue weighted by atomic mass is 9.86. The number of benzene rings is 2. The lowest BCUT2D eigenvalue weighted by Crippen LogP contribution is -2.53. The van der Waals surface area contributed by atoms with Crippen LogP contribution < -0.4 is 5.32 Å². The monoisotopic (exact) mass is 584 g/mol. The van der Waals surface area contributed by atoms with E-state index in [0.717, 1.165) is 52.9 Å². The van der Waals surface area contributed by atoms with Crippen molar-refractivity contribution in [1.82, 2.24) is 29.4 Å². The van der Waals surface area contributed by atoms with Crippen LogP contribution in [0.4, 0.5) is 0 Å². The fourth-order valence-electron chi connectivity index (χ4n) is 6.01. The number of carbonyl (C=O) groups excluding carboxylic acids is 2. The van der Waals surface area contributed by atoms with Gasteiger partial charge < -0.3 is 20.4 Å². The van der Waals surface area contributed by atoms with Crippen LogP contribution in [0.2, 0.25) is 5.02 Å². The second-order valence-corrected chi connectivity index (χ2v) is 11.6. The topological polar surface area (TPSA) is 125 Å². The average molecular weight is 585 g/mol. The number of carbonyl (C=O) groups is 2. The predicted octanol–water partition coefficient (Wildman–Crippen LogP) is 3.69. The Morgan fingerprint density at radius 2 is 1.95 bits per heavy atom. The van der Waals surface area contributed by atoms with E-state index >= 15 is 0 Å². The number of halogens is 1. The molecule has 1 fully saturated rings. The van der Waals surface area contributed by atoms with Gasteiger partial charge in [-0.05, 0) is 80.6 Å². The quantitative estimate of drug-likeness (QED) is 0.289. The number of aliphatic hydroxyl groups is 1. The highest BCUT2D eigenvalue weighted by atomic mass is 35.5. The van der Waals surface area contributed by atoms with Crippen molar-refractivity contribution in [3.63, 3.8) is 0 Å². The summed E-state index contributed by atoms with van der Waals surface area (Å²) >= 11 is 6.60. The van der Waals surface area contributed by atoms with Gasteiger partial charge in [0.05, 0.1) is 33.4 Å². The van der Waals surface area contributed by atoms with Crippen molar-refractivity contribution in [3.05, 3.63) is 88.0 Å². The van der Waals surface area contributed by atoms with E-state index in [2.05, 4.69) is 10.3 Å². The molecule has 2 amide bonds. The van der Waals surface area contributed by atoms with Crippen molar-refractivity contribution >= 4 is 40.0 Å². The number of hydrogen-bond acceptors (Lipinski definition) is 6. The zero-order chi connectivity index (χ0) is 29.1. The Balaban J connectivity index is 1.04. The Kier molecular flexibility index (Phi) is 6.40. The number of hydrogen-bond donors (Lipinski definition) is 3. The first-order chi connectivity index (χ1) is 20.3. The predicted molar refractivity (Wildman–Crippen MR) is 157 cm³/mol. The third kappa shape index (κ3) is 4.47. The van der Waals surface area contributed by atoms with Crippen LogP contribution in [-0.2, 0) is 12.8 Å². The first-order valence-electron chi connectivity index (χ1n) is 14.0. The molecule has 4 heterocycles. The molecule has 1 atom stereocenters. The molecular weight excluding hydrogens is 556 g/mol. The van der Waals surface area contributed by atoms with Crippen molar-refractivity contribution < 1.29 is 19.8 Å². The number of aromatic nitrogens is 4. The number of fused-ring (bicyclic) bond motifs is 4. The molecule has 3 aromatic heterocycles. The van der Waals surface area contributed by atoms with Gasteiger partial charge in [-0.15, -0.1) is 0 Å².